The van der Waals surface area contributed by atoms with Crippen LogP contribution in [0.4, 0.5) is 0 Å². The van der Waals surface area contributed by atoms with Gasteiger partial charge in [-0.1, -0.05) is 0 Å². The van der Waals surface area contributed by atoms with Crippen LogP contribution in [0.3, 0.4) is 0 Å². The van der Waals surface area contributed by atoms with E-state index in [1.54, 1.807) is 11.3 Å². The first-order chi connectivity index (χ1) is 6.75. The number of likely N-dealkylation sites (tertiary alicyclic amines) is 1. The van der Waals surface area contributed by atoms with Crippen molar-refractivity contribution in [3.05, 3.63) is 20.8 Å². The lowest BCUT2D eigenvalue weighted by Gasteiger charge is -2.25. The molecule has 1 fully saturated rings. The molecule has 76 valence electrons. The van der Waals surface area contributed by atoms with Crippen LogP contribution in [0.15, 0.2) is 15.9 Å². The summed E-state index contributed by atoms with van der Waals surface area (Å²) in [6.07, 6.45) is 1.45. The first-order valence-electron chi connectivity index (χ1n) is 4.71. The summed E-state index contributed by atoms with van der Waals surface area (Å²) in [6.45, 7) is 2.82. The zero-order valence-electron chi connectivity index (χ0n) is 7.83. The number of piperidine rings is 1. The van der Waals surface area contributed by atoms with Crippen molar-refractivity contribution in [2.75, 3.05) is 13.1 Å². The fraction of sp³-hybridized carbons (Fsp3) is 0.500. The molecule has 1 aromatic rings. The van der Waals surface area contributed by atoms with E-state index < -0.39 is 0 Å². The SMILES string of the molecule is O=C1CCN(Cc2sccc2Br)CC1. The largest absolute Gasteiger partial charge is 0.300 e. The number of rotatable bonds is 2. The number of hydrogen-bond acceptors (Lipinski definition) is 3. The van der Waals surface area contributed by atoms with Crippen LogP contribution in [0.25, 0.3) is 0 Å². The summed E-state index contributed by atoms with van der Waals surface area (Å²) < 4.78 is 1.19. The lowest BCUT2D eigenvalue weighted by atomic mass is 10.1. The van der Waals surface area contributed by atoms with Crippen LogP contribution in [-0.4, -0.2) is 23.8 Å². The number of carbonyl (C=O) groups excluding carboxylic acids is 1. The first-order valence-corrected chi connectivity index (χ1v) is 6.39. The summed E-state index contributed by atoms with van der Waals surface area (Å²) in [5.41, 5.74) is 0. The van der Waals surface area contributed by atoms with Crippen LogP contribution in [0.2, 0.25) is 0 Å². The third-order valence-electron chi connectivity index (χ3n) is 2.47. The molecule has 2 heterocycles. The normalized spacial score (nSPS) is 18.8. The fourth-order valence-electron chi connectivity index (χ4n) is 1.60. The van der Waals surface area contributed by atoms with Crippen LogP contribution in [0, 0.1) is 0 Å². The molecule has 0 atom stereocenters. The van der Waals surface area contributed by atoms with E-state index in [-0.39, 0.29) is 0 Å². The molecule has 2 nitrogen and oxygen atoms in total. The summed E-state index contributed by atoms with van der Waals surface area (Å²) in [4.78, 5) is 14.8. The molecule has 0 aliphatic carbocycles. The Bertz CT molecular complexity index is 327. The fourth-order valence-corrected chi connectivity index (χ4v) is 3.12. The lowest BCUT2D eigenvalue weighted by molar-refractivity contribution is -0.121. The summed E-state index contributed by atoms with van der Waals surface area (Å²) in [5.74, 6) is 0.409. The van der Waals surface area contributed by atoms with Crippen molar-refractivity contribution in [3.8, 4) is 0 Å². The highest BCUT2D eigenvalue weighted by Gasteiger charge is 2.17. The average Bonchev–Trinajstić information content (AvgIpc) is 2.56. The Kier molecular flexibility index (Phi) is 3.36. The maximum atomic E-state index is 11.0. The van der Waals surface area contributed by atoms with Crippen molar-refractivity contribution >= 4 is 33.0 Å². The van der Waals surface area contributed by atoms with E-state index in [0.29, 0.717) is 5.78 Å². The number of nitrogens with zero attached hydrogens (tertiary/aromatic N) is 1. The summed E-state index contributed by atoms with van der Waals surface area (Å²) >= 11 is 5.29. The second-order valence-electron chi connectivity index (χ2n) is 3.51. The van der Waals surface area contributed by atoms with Crippen LogP contribution < -0.4 is 0 Å². The lowest BCUT2D eigenvalue weighted by Crippen LogP contribution is -2.33. The van der Waals surface area contributed by atoms with Gasteiger partial charge in [0.2, 0.25) is 0 Å². The Morgan fingerprint density at radius 3 is 2.71 bits per heavy atom. The van der Waals surface area contributed by atoms with Crippen molar-refractivity contribution < 1.29 is 4.79 Å². The molecule has 1 saturated heterocycles. The molecule has 2 rings (SSSR count). The molecule has 14 heavy (non-hydrogen) atoms. The van der Waals surface area contributed by atoms with E-state index in [4.69, 9.17) is 0 Å². The molecule has 0 radical (unpaired) electrons. The predicted octanol–water partition coefficient (Wildman–Crippen LogP) is 2.68. The number of halogens is 1. The number of Topliss-reactive ketones (excluding diaryl/α,β-unsaturated/α-hetero) is 1. The van der Waals surface area contributed by atoms with Gasteiger partial charge in [-0.2, -0.15) is 0 Å². The maximum absolute atomic E-state index is 11.0. The molecular weight excluding hydrogens is 262 g/mol. The number of hydrogen-bond donors (Lipinski definition) is 0. The van der Waals surface area contributed by atoms with Crippen molar-refractivity contribution in [3.63, 3.8) is 0 Å². The van der Waals surface area contributed by atoms with Crippen LogP contribution in [0.5, 0.6) is 0 Å². The Balaban J connectivity index is 1.92. The van der Waals surface area contributed by atoms with Crippen molar-refractivity contribution in [1.82, 2.24) is 4.90 Å². The van der Waals surface area contributed by atoms with Gasteiger partial charge in [0.15, 0.2) is 0 Å². The standard InChI is InChI=1S/C10H12BrNOS/c11-9-3-6-14-10(9)7-12-4-1-8(13)2-5-12/h3,6H,1-2,4-5,7H2. The van der Waals surface area contributed by atoms with E-state index in [2.05, 4.69) is 32.3 Å². The number of ketones is 1. The van der Waals surface area contributed by atoms with E-state index in [1.807, 2.05) is 0 Å². The van der Waals surface area contributed by atoms with E-state index >= 15 is 0 Å². The van der Waals surface area contributed by atoms with Crippen molar-refractivity contribution in [2.45, 2.75) is 19.4 Å². The van der Waals surface area contributed by atoms with Gasteiger partial charge in [-0.05, 0) is 27.4 Å². The molecule has 4 heteroatoms. The number of carbonyl (C=O) groups is 1. The molecule has 0 N–H and O–H groups in total. The van der Waals surface area contributed by atoms with Crippen molar-refractivity contribution in [2.24, 2.45) is 0 Å². The molecule has 0 aromatic carbocycles. The monoisotopic (exact) mass is 273 g/mol. The van der Waals surface area contributed by atoms with Gasteiger partial charge >= 0.3 is 0 Å². The maximum Gasteiger partial charge on any atom is 0.135 e. The summed E-state index contributed by atoms with van der Waals surface area (Å²) in [6, 6.07) is 2.08. The van der Waals surface area contributed by atoms with Crippen LogP contribution in [-0.2, 0) is 11.3 Å². The van der Waals surface area contributed by atoms with Gasteiger partial charge in [0.1, 0.15) is 5.78 Å². The highest BCUT2D eigenvalue weighted by atomic mass is 79.9. The minimum Gasteiger partial charge on any atom is -0.300 e. The Morgan fingerprint density at radius 1 is 1.43 bits per heavy atom. The van der Waals surface area contributed by atoms with Gasteiger partial charge in [-0.3, -0.25) is 9.69 Å². The molecule has 0 spiro atoms. The molecule has 1 aliphatic heterocycles. The van der Waals surface area contributed by atoms with Gasteiger partial charge in [0.05, 0.1) is 0 Å². The third-order valence-corrected chi connectivity index (χ3v) is 4.38. The highest BCUT2D eigenvalue weighted by Crippen LogP contribution is 2.24. The molecule has 0 bridgehead atoms. The quantitative estimate of drug-likeness (QED) is 0.826. The van der Waals surface area contributed by atoms with Crippen LogP contribution >= 0.6 is 27.3 Å². The minimum atomic E-state index is 0.409. The zero-order chi connectivity index (χ0) is 9.97. The average molecular weight is 274 g/mol. The topological polar surface area (TPSA) is 20.3 Å². The Hall–Kier alpha value is -0.190. The zero-order valence-corrected chi connectivity index (χ0v) is 10.2. The van der Waals surface area contributed by atoms with Gasteiger partial charge in [-0.15, -0.1) is 11.3 Å². The number of thiophene rings is 1. The molecule has 0 saturated carbocycles. The minimum absolute atomic E-state index is 0.409. The predicted molar refractivity (Wildman–Crippen MR) is 61.5 cm³/mol. The smallest absolute Gasteiger partial charge is 0.135 e. The van der Waals surface area contributed by atoms with E-state index in [9.17, 15) is 4.79 Å². The highest BCUT2D eigenvalue weighted by molar-refractivity contribution is 9.10. The molecular formula is C10H12BrNOS. The van der Waals surface area contributed by atoms with E-state index in [1.165, 1.54) is 9.35 Å². The van der Waals surface area contributed by atoms with Crippen LogP contribution in [0.1, 0.15) is 17.7 Å². The van der Waals surface area contributed by atoms with Gasteiger partial charge in [-0.25, -0.2) is 0 Å². The summed E-state index contributed by atoms with van der Waals surface area (Å²) in [5, 5.41) is 2.09. The van der Waals surface area contributed by atoms with Crippen molar-refractivity contribution in [1.29, 1.82) is 0 Å². The van der Waals surface area contributed by atoms with Gasteiger partial charge in [0.25, 0.3) is 0 Å². The molecule has 1 aliphatic rings. The Morgan fingerprint density at radius 2 is 2.14 bits per heavy atom. The van der Waals surface area contributed by atoms with Gasteiger partial charge < -0.3 is 0 Å². The third kappa shape index (κ3) is 2.43. The van der Waals surface area contributed by atoms with E-state index in [0.717, 1.165) is 32.5 Å². The molecule has 0 unspecified atom stereocenters. The Labute approximate surface area is 96.0 Å². The first kappa shape index (κ1) is 10.3. The second-order valence-corrected chi connectivity index (χ2v) is 5.36. The second kappa shape index (κ2) is 4.55. The molecule has 1 aromatic heterocycles. The van der Waals surface area contributed by atoms with Gasteiger partial charge in [0, 0.05) is 41.8 Å². The molecule has 0 amide bonds. The summed E-state index contributed by atoms with van der Waals surface area (Å²) in [7, 11) is 0.